The third kappa shape index (κ3) is 3.16. The van der Waals surface area contributed by atoms with Crippen LogP contribution in [0.3, 0.4) is 0 Å². The van der Waals surface area contributed by atoms with Crippen LogP contribution in [0.2, 0.25) is 0 Å². The Labute approximate surface area is 118 Å². The fourth-order valence-corrected chi connectivity index (χ4v) is 2.29. The average Bonchev–Trinajstić information content (AvgIpc) is 2.40. The smallest absolute Gasteiger partial charge is 0.254 e. The number of hydrogen-bond donors (Lipinski definition) is 1. The molecule has 5 heteroatoms. The molecule has 2 rings (SSSR count). The van der Waals surface area contributed by atoms with Gasteiger partial charge in [0.15, 0.2) is 0 Å². The molecule has 110 valence electrons. The van der Waals surface area contributed by atoms with E-state index < -0.39 is 5.60 Å². The first kappa shape index (κ1) is 14.9. The minimum Gasteiger partial charge on any atom is -0.381 e. The number of benzene rings is 1. The summed E-state index contributed by atoms with van der Waals surface area (Å²) in [4.78, 5) is 13.7. The predicted octanol–water partition coefficient (Wildman–Crippen LogP) is 1.80. The maximum absolute atomic E-state index is 13.3. The first-order valence-corrected chi connectivity index (χ1v) is 6.68. The lowest BCUT2D eigenvalue weighted by molar-refractivity contribution is -0.155. The zero-order valence-corrected chi connectivity index (χ0v) is 12.0. The van der Waals surface area contributed by atoms with Crippen molar-refractivity contribution in [3.8, 4) is 0 Å². The molecule has 0 unspecified atom stereocenters. The van der Waals surface area contributed by atoms with Gasteiger partial charge in [0, 0.05) is 6.54 Å². The first-order valence-electron chi connectivity index (χ1n) is 6.68. The summed E-state index contributed by atoms with van der Waals surface area (Å²) in [6.07, 6.45) is -0.283. The number of rotatable bonds is 2. The third-order valence-corrected chi connectivity index (χ3v) is 3.43. The zero-order valence-electron chi connectivity index (χ0n) is 12.0. The van der Waals surface area contributed by atoms with Gasteiger partial charge in [-0.25, -0.2) is 4.39 Å². The van der Waals surface area contributed by atoms with Gasteiger partial charge < -0.3 is 14.7 Å². The monoisotopic (exact) mass is 281 g/mol. The fourth-order valence-electron chi connectivity index (χ4n) is 2.29. The number of nitrogens with zero attached hydrogens (tertiary/aromatic N) is 1. The van der Waals surface area contributed by atoms with Gasteiger partial charge in [-0.05, 0) is 38.0 Å². The number of halogens is 1. The van der Waals surface area contributed by atoms with Gasteiger partial charge in [-0.3, -0.25) is 4.79 Å². The lowest BCUT2D eigenvalue weighted by Gasteiger charge is -2.36. The molecule has 0 aromatic heterocycles. The van der Waals surface area contributed by atoms with Crippen LogP contribution in [0.15, 0.2) is 18.2 Å². The number of ether oxygens (including phenoxy) is 1. The molecule has 1 saturated heterocycles. The zero-order chi connectivity index (χ0) is 14.9. The van der Waals surface area contributed by atoms with E-state index in [4.69, 9.17) is 4.74 Å². The molecule has 1 aliphatic heterocycles. The molecule has 0 aliphatic carbocycles. The van der Waals surface area contributed by atoms with Gasteiger partial charge in [0.25, 0.3) is 5.91 Å². The summed E-state index contributed by atoms with van der Waals surface area (Å²) in [6.45, 7) is 5.88. The molecule has 1 aliphatic rings. The van der Waals surface area contributed by atoms with Gasteiger partial charge in [-0.1, -0.05) is 12.1 Å². The lowest BCUT2D eigenvalue weighted by Crippen LogP contribution is -2.50. The van der Waals surface area contributed by atoms with E-state index in [0.717, 1.165) is 5.56 Å². The largest absolute Gasteiger partial charge is 0.381 e. The van der Waals surface area contributed by atoms with E-state index in [0.29, 0.717) is 25.3 Å². The van der Waals surface area contributed by atoms with Crippen molar-refractivity contribution < 1.29 is 19.0 Å². The van der Waals surface area contributed by atoms with E-state index in [-0.39, 0.29) is 17.8 Å². The highest BCUT2D eigenvalue weighted by atomic mass is 19.1. The molecule has 1 aromatic carbocycles. The molecule has 1 amide bonds. The average molecular weight is 281 g/mol. The van der Waals surface area contributed by atoms with Gasteiger partial charge in [0.1, 0.15) is 17.5 Å². The predicted molar refractivity (Wildman–Crippen MR) is 72.7 cm³/mol. The number of morpholine rings is 1. The molecule has 1 atom stereocenters. The van der Waals surface area contributed by atoms with E-state index in [1.54, 1.807) is 24.0 Å². The van der Waals surface area contributed by atoms with Crippen molar-refractivity contribution in [1.29, 1.82) is 0 Å². The molecule has 0 radical (unpaired) electrons. The Balaban J connectivity index is 2.14. The summed E-state index contributed by atoms with van der Waals surface area (Å²) >= 11 is 0. The topological polar surface area (TPSA) is 49.8 Å². The number of aryl methyl sites for hydroxylation is 1. The van der Waals surface area contributed by atoms with Crippen LogP contribution in [0.1, 0.15) is 31.1 Å². The summed E-state index contributed by atoms with van der Waals surface area (Å²) in [5.74, 6) is -0.571. The molecule has 1 fully saturated rings. The highest BCUT2D eigenvalue weighted by molar-refractivity contribution is 5.84. The van der Waals surface area contributed by atoms with E-state index in [9.17, 15) is 14.3 Å². The Hall–Kier alpha value is -1.46. The van der Waals surface area contributed by atoms with Crippen molar-refractivity contribution in [3.05, 3.63) is 35.1 Å². The standard InChI is InChI=1S/C15H20FNO3/c1-10-8-11(4-5-12(10)16)13-9-17(6-7-20-13)14(18)15(2,3)19/h4-5,8,13,19H,6-7,9H2,1-3H3/t13-/m1/s1. The molecular weight excluding hydrogens is 261 g/mol. The van der Waals surface area contributed by atoms with E-state index in [1.807, 2.05) is 0 Å². The minimum absolute atomic E-state index is 0.256. The Kier molecular flexibility index (Phi) is 4.11. The van der Waals surface area contributed by atoms with Crippen LogP contribution in [-0.4, -0.2) is 41.2 Å². The van der Waals surface area contributed by atoms with Crippen LogP contribution in [0.5, 0.6) is 0 Å². The normalized spacial score (nSPS) is 20.1. The molecule has 1 heterocycles. The first-order chi connectivity index (χ1) is 9.29. The van der Waals surface area contributed by atoms with Gasteiger partial charge >= 0.3 is 0 Å². The number of aliphatic hydroxyl groups is 1. The van der Waals surface area contributed by atoms with Crippen LogP contribution >= 0.6 is 0 Å². The van der Waals surface area contributed by atoms with Crippen LogP contribution in [0.25, 0.3) is 0 Å². The SMILES string of the molecule is Cc1cc([C@H]2CN(C(=O)C(C)(C)O)CCO2)ccc1F. The summed E-state index contributed by atoms with van der Waals surface area (Å²) in [7, 11) is 0. The molecule has 1 N–H and O–H groups in total. The quantitative estimate of drug-likeness (QED) is 0.899. The Morgan fingerprint density at radius 3 is 2.80 bits per heavy atom. The fraction of sp³-hybridized carbons (Fsp3) is 0.533. The summed E-state index contributed by atoms with van der Waals surface area (Å²) in [5, 5.41) is 9.79. The van der Waals surface area contributed by atoms with Crippen molar-refractivity contribution in [3.63, 3.8) is 0 Å². The lowest BCUT2D eigenvalue weighted by atomic mass is 10.0. The second-order valence-electron chi connectivity index (χ2n) is 5.68. The maximum Gasteiger partial charge on any atom is 0.254 e. The molecule has 0 spiro atoms. The highest BCUT2D eigenvalue weighted by Gasteiger charge is 2.33. The van der Waals surface area contributed by atoms with Gasteiger partial charge in [-0.2, -0.15) is 0 Å². The van der Waals surface area contributed by atoms with Gasteiger partial charge in [0.05, 0.1) is 13.2 Å². The summed E-state index contributed by atoms with van der Waals surface area (Å²) < 4.78 is 18.9. The van der Waals surface area contributed by atoms with Crippen LogP contribution < -0.4 is 0 Å². The number of carbonyl (C=O) groups is 1. The minimum atomic E-state index is -1.39. The number of carbonyl (C=O) groups excluding carboxylic acids is 1. The molecular formula is C15H20FNO3. The summed E-state index contributed by atoms with van der Waals surface area (Å²) in [5.41, 5.74) is 0.00910. The van der Waals surface area contributed by atoms with Crippen molar-refractivity contribution in [2.45, 2.75) is 32.5 Å². The second kappa shape index (κ2) is 5.50. The second-order valence-corrected chi connectivity index (χ2v) is 5.68. The van der Waals surface area contributed by atoms with E-state index in [2.05, 4.69) is 0 Å². The van der Waals surface area contributed by atoms with Crippen LogP contribution in [0, 0.1) is 12.7 Å². The van der Waals surface area contributed by atoms with Crippen molar-refractivity contribution in [2.75, 3.05) is 19.7 Å². The molecule has 0 bridgehead atoms. The van der Waals surface area contributed by atoms with E-state index in [1.165, 1.54) is 19.9 Å². The van der Waals surface area contributed by atoms with Gasteiger partial charge in [-0.15, -0.1) is 0 Å². The van der Waals surface area contributed by atoms with Crippen LogP contribution in [-0.2, 0) is 9.53 Å². The number of amides is 1. The van der Waals surface area contributed by atoms with Crippen molar-refractivity contribution >= 4 is 5.91 Å². The molecule has 4 nitrogen and oxygen atoms in total. The van der Waals surface area contributed by atoms with Crippen molar-refractivity contribution in [1.82, 2.24) is 4.90 Å². The Bertz CT molecular complexity index is 510. The van der Waals surface area contributed by atoms with E-state index >= 15 is 0 Å². The number of hydrogen-bond acceptors (Lipinski definition) is 3. The maximum atomic E-state index is 13.3. The Morgan fingerprint density at radius 2 is 2.20 bits per heavy atom. The third-order valence-electron chi connectivity index (χ3n) is 3.43. The van der Waals surface area contributed by atoms with Gasteiger partial charge in [0.2, 0.25) is 0 Å². The molecule has 1 aromatic rings. The molecule has 20 heavy (non-hydrogen) atoms. The Morgan fingerprint density at radius 1 is 1.50 bits per heavy atom. The van der Waals surface area contributed by atoms with Crippen molar-refractivity contribution in [2.24, 2.45) is 0 Å². The highest BCUT2D eigenvalue weighted by Crippen LogP contribution is 2.25. The summed E-state index contributed by atoms with van der Waals surface area (Å²) in [6, 6.07) is 4.81. The van der Waals surface area contributed by atoms with Crippen LogP contribution in [0.4, 0.5) is 4.39 Å². The molecule has 0 saturated carbocycles.